The van der Waals surface area contributed by atoms with Gasteiger partial charge in [0.05, 0.1) is 0 Å². The van der Waals surface area contributed by atoms with Gasteiger partial charge < -0.3 is 0 Å². The number of unbranched alkanes of at least 4 members (excludes halogenated alkanes) is 2. The van der Waals surface area contributed by atoms with Crippen molar-refractivity contribution in [2.45, 2.75) is 59.8 Å². The molecule has 12 heavy (non-hydrogen) atoms. The van der Waals surface area contributed by atoms with E-state index in [0.717, 1.165) is 11.8 Å². The zero-order chi connectivity index (χ0) is 9.19. The van der Waals surface area contributed by atoms with Crippen LogP contribution in [0.4, 0.5) is 0 Å². The van der Waals surface area contributed by atoms with Crippen molar-refractivity contribution in [3.63, 3.8) is 0 Å². The van der Waals surface area contributed by atoms with E-state index in [0.29, 0.717) is 5.41 Å². The van der Waals surface area contributed by atoms with Crippen molar-refractivity contribution in [2.75, 3.05) is 0 Å². The summed E-state index contributed by atoms with van der Waals surface area (Å²) in [6, 6.07) is 0. The zero-order valence-corrected chi connectivity index (χ0v) is 9.19. The fourth-order valence-electron chi connectivity index (χ4n) is 2.28. The minimum absolute atomic E-state index is 0.580. The predicted molar refractivity (Wildman–Crippen MR) is 55.2 cm³/mol. The maximum Gasteiger partial charge on any atom is -0.0334 e. The summed E-state index contributed by atoms with van der Waals surface area (Å²) in [5, 5.41) is 0. The number of hydrogen-bond acceptors (Lipinski definition) is 0. The van der Waals surface area contributed by atoms with Crippen molar-refractivity contribution in [2.24, 2.45) is 17.3 Å². The lowest BCUT2D eigenvalue weighted by Gasteiger charge is -2.17. The van der Waals surface area contributed by atoms with Gasteiger partial charge in [0.15, 0.2) is 0 Å². The Labute approximate surface area is 77.7 Å². The van der Waals surface area contributed by atoms with E-state index in [1.165, 1.54) is 32.1 Å². The lowest BCUT2D eigenvalue weighted by Crippen LogP contribution is -2.09. The highest BCUT2D eigenvalue weighted by Gasteiger charge is 2.43. The quantitative estimate of drug-likeness (QED) is 0.550. The van der Waals surface area contributed by atoms with Gasteiger partial charge in [0, 0.05) is 0 Å². The first-order valence-electron chi connectivity index (χ1n) is 5.55. The molecule has 0 aromatic carbocycles. The van der Waals surface area contributed by atoms with Crippen LogP contribution in [0.15, 0.2) is 0 Å². The Morgan fingerprint density at radius 2 is 1.83 bits per heavy atom. The van der Waals surface area contributed by atoms with Crippen LogP contribution in [0.3, 0.4) is 0 Å². The van der Waals surface area contributed by atoms with Gasteiger partial charge in [-0.25, -0.2) is 0 Å². The Balaban J connectivity index is 2.08. The Morgan fingerprint density at radius 3 is 2.25 bits per heavy atom. The van der Waals surface area contributed by atoms with E-state index in [1.807, 2.05) is 0 Å². The molecule has 0 bridgehead atoms. The van der Waals surface area contributed by atoms with Crippen LogP contribution in [0.5, 0.6) is 0 Å². The Bertz CT molecular complexity index is 129. The number of hydrogen-bond donors (Lipinski definition) is 0. The molecule has 0 N–H and O–H groups in total. The molecule has 0 heterocycles. The van der Waals surface area contributed by atoms with Gasteiger partial charge >= 0.3 is 0 Å². The molecule has 0 aromatic heterocycles. The molecule has 0 spiro atoms. The van der Waals surface area contributed by atoms with E-state index in [9.17, 15) is 0 Å². The Kier molecular flexibility index (Phi) is 3.20. The fraction of sp³-hybridized carbons (Fsp3) is 1.00. The molecule has 0 amide bonds. The molecule has 1 aliphatic rings. The summed E-state index contributed by atoms with van der Waals surface area (Å²) in [6.45, 7) is 9.45. The third-order valence-electron chi connectivity index (χ3n) is 3.21. The van der Waals surface area contributed by atoms with Crippen LogP contribution in [0.2, 0.25) is 0 Å². The minimum Gasteiger partial charge on any atom is -0.0654 e. The number of rotatable bonds is 4. The van der Waals surface area contributed by atoms with Crippen LogP contribution < -0.4 is 0 Å². The maximum absolute atomic E-state index is 2.39. The second kappa shape index (κ2) is 3.81. The second-order valence-electron chi connectivity index (χ2n) is 5.46. The van der Waals surface area contributed by atoms with E-state index < -0.39 is 0 Å². The minimum atomic E-state index is 0.580. The van der Waals surface area contributed by atoms with E-state index in [2.05, 4.69) is 27.7 Å². The monoisotopic (exact) mass is 168 g/mol. The Morgan fingerprint density at radius 1 is 1.17 bits per heavy atom. The fourth-order valence-corrected chi connectivity index (χ4v) is 2.28. The zero-order valence-electron chi connectivity index (χ0n) is 9.19. The smallest absolute Gasteiger partial charge is 0.0334 e. The van der Waals surface area contributed by atoms with Gasteiger partial charge in [-0.2, -0.15) is 0 Å². The summed E-state index contributed by atoms with van der Waals surface area (Å²) in [5.41, 5.74) is 0.580. The normalized spacial score (nSPS) is 29.0. The summed E-state index contributed by atoms with van der Waals surface area (Å²) in [4.78, 5) is 0. The molecule has 2 unspecified atom stereocenters. The highest BCUT2D eigenvalue weighted by molar-refractivity contribution is 4.93. The molecule has 1 rings (SSSR count). The molecule has 0 saturated heterocycles. The SMILES string of the molecule is CCCCCC1CC1C(C)(C)C. The summed E-state index contributed by atoms with van der Waals surface area (Å²) < 4.78 is 0. The molecule has 0 aromatic rings. The van der Waals surface area contributed by atoms with Crippen LogP contribution in [-0.2, 0) is 0 Å². The van der Waals surface area contributed by atoms with Crippen LogP contribution in [0.25, 0.3) is 0 Å². The lowest BCUT2D eigenvalue weighted by molar-refractivity contribution is 0.323. The molecular weight excluding hydrogens is 144 g/mol. The molecule has 1 fully saturated rings. The third kappa shape index (κ3) is 2.80. The van der Waals surface area contributed by atoms with Crippen LogP contribution >= 0.6 is 0 Å². The first kappa shape index (κ1) is 10.1. The molecule has 1 saturated carbocycles. The van der Waals surface area contributed by atoms with Crippen LogP contribution in [0, 0.1) is 17.3 Å². The van der Waals surface area contributed by atoms with Crippen molar-refractivity contribution in [1.29, 1.82) is 0 Å². The average molecular weight is 168 g/mol. The van der Waals surface area contributed by atoms with Crippen molar-refractivity contribution >= 4 is 0 Å². The van der Waals surface area contributed by atoms with Gasteiger partial charge in [0.2, 0.25) is 0 Å². The third-order valence-corrected chi connectivity index (χ3v) is 3.21. The van der Waals surface area contributed by atoms with Gasteiger partial charge in [-0.05, 0) is 23.7 Å². The first-order chi connectivity index (χ1) is 5.55. The van der Waals surface area contributed by atoms with E-state index in [-0.39, 0.29) is 0 Å². The van der Waals surface area contributed by atoms with Crippen molar-refractivity contribution in [3.8, 4) is 0 Å². The first-order valence-corrected chi connectivity index (χ1v) is 5.55. The van der Waals surface area contributed by atoms with Gasteiger partial charge in [-0.15, -0.1) is 0 Å². The summed E-state index contributed by atoms with van der Waals surface area (Å²) >= 11 is 0. The lowest BCUT2D eigenvalue weighted by atomic mass is 9.88. The summed E-state index contributed by atoms with van der Waals surface area (Å²) in [7, 11) is 0. The summed E-state index contributed by atoms with van der Waals surface area (Å²) in [5.74, 6) is 2.12. The maximum atomic E-state index is 2.39. The molecule has 72 valence electrons. The van der Waals surface area contributed by atoms with E-state index in [4.69, 9.17) is 0 Å². The average Bonchev–Trinajstić information content (AvgIpc) is 2.66. The van der Waals surface area contributed by atoms with Crippen molar-refractivity contribution in [1.82, 2.24) is 0 Å². The topological polar surface area (TPSA) is 0 Å². The van der Waals surface area contributed by atoms with E-state index in [1.54, 1.807) is 0 Å². The summed E-state index contributed by atoms with van der Waals surface area (Å²) in [6.07, 6.45) is 7.27. The van der Waals surface area contributed by atoms with Crippen LogP contribution in [0.1, 0.15) is 59.8 Å². The van der Waals surface area contributed by atoms with Gasteiger partial charge in [-0.3, -0.25) is 0 Å². The van der Waals surface area contributed by atoms with Crippen molar-refractivity contribution < 1.29 is 0 Å². The molecule has 1 aliphatic carbocycles. The van der Waals surface area contributed by atoms with E-state index >= 15 is 0 Å². The van der Waals surface area contributed by atoms with Gasteiger partial charge in [0.1, 0.15) is 0 Å². The molecule has 0 nitrogen and oxygen atoms in total. The van der Waals surface area contributed by atoms with Gasteiger partial charge in [0.25, 0.3) is 0 Å². The van der Waals surface area contributed by atoms with Crippen molar-refractivity contribution in [3.05, 3.63) is 0 Å². The molecule has 0 radical (unpaired) electrons. The molecule has 2 atom stereocenters. The standard InChI is InChI=1S/C12H24/c1-5-6-7-8-10-9-11(10)12(2,3)4/h10-11H,5-9H2,1-4H3. The largest absolute Gasteiger partial charge is 0.0654 e. The molecule has 0 aliphatic heterocycles. The Hall–Kier alpha value is 0. The highest BCUT2D eigenvalue weighted by atomic mass is 14.5. The van der Waals surface area contributed by atoms with Crippen LogP contribution in [-0.4, -0.2) is 0 Å². The highest BCUT2D eigenvalue weighted by Crippen LogP contribution is 2.52. The second-order valence-corrected chi connectivity index (χ2v) is 5.46. The molecular formula is C12H24. The van der Waals surface area contributed by atoms with Gasteiger partial charge in [-0.1, -0.05) is 53.4 Å². The molecule has 0 heteroatoms. The predicted octanol–water partition coefficient (Wildman–Crippen LogP) is 4.25.